The van der Waals surface area contributed by atoms with E-state index in [0.717, 1.165) is 0 Å². The van der Waals surface area contributed by atoms with Crippen LogP contribution < -0.4 is 4.74 Å². The molecule has 0 heterocycles. The average molecular weight is 213 g/mol. The van der Waals surface area contributed by atoms with Gasteiger partial charge in [0, 0.05) is 10.9 Å². The summed E-state index contributed by atoms with van der Waals surface area (Å²) in [6, 6.07) is 5.05. The highest BCUT2D eigenvalue weighted by Crippen LogP contribution is 2.24. The Hall–Kier alpha value is -1.02. The number of carbonyl (C=O) groups excluding carboxylic acids is 1. The third kappa shape index (κ3) is 2.26. The zero-order valence-electron chi connectivity index (χ0n) is 8.50. The molecule has 0 unspecified atom stereocenters. The summed E-state index contributed by atoms with van der Waals surface area (Å²) in [5, 5.41) is 0.551. The lowest BCUT2D eigenvalue weighted by Gasteiger charge is -2.09. The van der Waals surface area contributed by atoms with Crippen LogP contribution in [0.4, 0.5) is 0 Å². The number of rotatable bonds is 3. The van der Waals surface area contributed by atoms with Gasteiger partial charge in [-0.2, -0.15) is 0 Å². The number of ketones is 1. The van der Waals surface area contributed by atoms with Crippen molar-refractivity contribution in [2.24, 2.45) is 5.92 Å². The number of Topliss-reactive ketones (excluding diaryl/α,β-unsaturated/α-hetero) is 1. The van der Waals surface area contributed by atoms with Crippen molar-refractivity contribution >= 4 is 17.4 Å². The van der Waals surface area contributed by atoms with Gasteiger partial charge in [0.15, 0.2) is 5.78 Å². The van der Waals surface area contributed by atoms with E-state index < -0.39 is 0 Å². The Labute approximate surface area is 88.8 Å². The number of hydrogen-bond donors (Lipinski definition) is 0. The van der Waals surface area contributed by atoms with E-state index in [0.29, 0.717) is 16.3 Å². The van der Waals surface area contributed by atoms with E-state index in [9.17, 15) is 4.79 Å². The van der Waals surface area contributed by atoms with Gasteiger partial charge < -0.3 is 4.74 Å². The van der Waals surface area contributed by atoms with Crippen molar-refractivity contribution in [1.29, 1.82) is 0 Å². The van der Waals surface area contributed by atoms with E-state index in [-0.39, 0.29) is 11.7 Å². The van der Waals surface area contributed by atoms with Crippen LogP contribution in [-0.4, -0.2) is 12.9 Å². The number of hydrogen-bond acceptors (Lipinski definition) is 2. The lowest BCUT2D eigenvalue weighted by molar-refractivity contribution is 0.0936. The van der Waals surface area contributed by atoms with E-state index in [1.807, 2.05) is 13.8 Å². The molecule has 1 rings (SSSR count). The second-order valence-corrected chi connectivity index (χ2v) is 3.80. The van der Waals surface area contributed by atoms with Crippen LogP contribution in [0, 0.1) is 5.92 Å². The lowest BCUT2D eigenvalue weighted by atomic mass is 10.0. The van der Waals surface area contributed by atoms with Crippen molar-refractivity contribution in [2.45, 2.75) is 13.8 Å². The summed E-state index contributed by atoms with van der Waals surface area (Å²) in [7, 11) is 1.54. The molecule has 0 aliphatic carbocycles. The van der Waals surface area contributed by atoms with Crippen LogP contribution >= 0.6 is 11.6 Å². The van der Waals surface area contributed by atoms with Crippen LogP contribution in [0.2, 0.25) is 5.02 Å². The zero-order chi connectivity index (χ0) is 10.7. The first-order valence-corrected chi connectivity index (χ1v) is 4.81. The first-order chi connectivity index (χ1) is 6.56. The van der Waals surface area contributed by atoms with E-state index in [4.69, 9.17) is 16.3 Å². The minimum absolute atomic E-state index is 0.0457. The first-order valence-electron chi connectivity index (χ1n) is 4.44. The van der Waals surface area contributed by atoms with Crippen molar-refractivity contribution < 1.29 is 9.53 Å². The van der Waals surface area contributed by atoms with Gasteiger partial charge in [0.2, 0.25) is 0 Å². The van der Waals surface area contributed by atoms with Crippen LogP contribution in [0.3, 0.4) is 0 Å². The molecule has 0 aliphatic rings. The summed E-state index contributed by atoms with van der Waals surface area (Å²) < 4.78 is 5.09. The van der Waals surface area contributed by atoms with Gasteiger partial charge in [-0.15, -0.1) is 0 Å². The topological polar surface area (TPSA) is 26.3 Å². The fourth-order valence-electron chi connectivity index (χ4n) is 1.18. The molecule has 14 heavy (non-hydrogen) atoms. The van der Waals surface area contributed by atoms with Crippen LogP contribution in [-0.2, 0) is 0 Å². The van der Waals surface area contributed by atoms with Gasteiger partial charge in [0.25, 0.3) is 0 Å². The predicted molar refractivity (Wildman–Crippen MR) is 57.2 cm³/mol. The number of halogens is 1. The van der Waals surface area contributed by atoms with Gasteiger partial charge in [-0.05, 0) is 18.2 Å². The van der Waals surface area contributed by atoms with Crippen molar-refractivity contribution in [3.05, 3.63) is 28.8 Å². The van der Waals surface area contributed by atoms with Gasteiger partial charge in [-0.3, -0.25) is 4.79 Å². The Kier molecular flexibility index (Phi) is 3.53. The molecule has 0 saturated heterocycles. The highest BCUT2D eigenvalue weighted by Gasteiger charge is 2.15. The highest BCUT2D eigenvalue weighted by atomic mass is 35.5. The van der Waals surface area contributed by atoms with Crippen molar-refractivity contribution in [2.75, 3.05) is 7.11 Å². The first kappa shape index (κ1) is 11.1. The van der Waals surface area contributed by atoms with Crippen LogP contribution in [0.5, 0.6) is 5.75 Å². The fourth-order valence-corrected chi connectivity index (χ4v) is 1.36. The molecule has 1 aromatic rings. The standard InChI is InChI=1S/C11H13ClO2/c1-7(2)11(13)9-6-8(12)4-5-10(9)14-3/h4-7H,1-3H3. The normalized spacial score (nSPS) is 10.4. The summed E-state index contributed by atoms with van der Waals surface area (Å²) in [5.41, 5.74) is 0.551. The largest absolute Gasteiger partial charge is 0.496 e. The molecule has 2 nitrogen and oxygen atoms in total. The second kappa shape index (κ2) is 4.47. The Morgan fingerprint density at radius 1 is 1.43 bits per heavy atom. The number of methoxy groups -OCH3 is 1. The molecule has 0 spiro atoms. The van der Waals surface area contributed by atoms with E-state index >= 15 is 0 Å². The molecule has 0 N–H and O–H groups in total. The Morgan fingerprint density at radius 2 is 2.07 bits per heavy atom. The Bertz CT molecular complexity index is 345. The smallest absolute Gasteiger partial charge is 0.169 e. The minimum Gasteiger partial charge on any atom is -0.496 e. The molecule has 1 aromatic carbocycles. The predicted octanol–water partition coefficient (Wildman–Crippen LogP) is 3.19. The molecular formula is C11H13ClO2. The van der Waals surface area contributed by atoms with E-state index in [1.165, 1.54) is 0 Å². The summed E-state index contributed by atoms with van der Waals surface area (Å²) in [5.74, 6) is 0.569. The summed E-state index contributed by atoms with van der Waals surface area (Å²) in [6.07, 6.45) is 0. The molecule has 0 aliphatic heterocycles. The highest BCUT2D eigenvalue weighted by molar-refractivity contribution is 6.31. The summed E-state index contributed by atoms with van der Waals surface area (Å²) in [4.78, 5) is 11.7. The maximum absolute atomic E-state index is 11.7. The van der Waals surface area contributed by atoms with E-state index in [1.54, 1.807) is 25.3 Å². The van der Waals surface area contributed by atoms with Crippen LogP contribution in [0.1, 0.15) is 24.2 Å². The molecule has 76 valence electrons. The van der Waals surface area contributed by atoms with Crippen LogP contribution in [0.25, 0.3) is 0 Å². The van der Waals surface area contributed by atoms with Crippen molar-refractivity contribution in [3.8, 4) is 5.75 Å². The van der Waals surface area contributed by atoms with Crippen LogP contribution in [0.15, 0.2) is 18.2 Å². The Morgan fingerprint density at radius 3 is 2.57 bits per heavy atom. The quantitative estimate of drug-likeness (QED) is 0.720. The molecule has 0 radical (unpaired) electrons. The molecule has 0 saturated carbocycles. The second-order valence-electron chi connectivity index (χ2n) is 3.36. The van der Waals surface area contributed by atoms with Gasteiger partial charge in [0.1, 0.15) is 5.75 Å². The third-order valence-electron chi connectivity index (χ3n) is 1.95. The number of benzene rings is 1. The molecule has 0 amide bonds. The van der Waals surface area contributed by atoms with Crippen molar-refractivity contribution in [3.63, 3.8) is 0 Å². The SMILES string of the molecule is COc1ccc(Cl)cc1C(=O)C(C)C. The summed E-state index contributed by atoms with van der Waals surface area (Å²) >= 11 is 5.81. The lowest BCUT2D eigenvalue weighted by Crippen LogP contribution is -2.09. The Balaban J connectivity index is 3.17. The summed E-state index contributed by atoms with van der Waals surface area (Å²) in [6.45, 7) is 3.70. The number of ether oxygens (including phenoxy) is 1. The minimum atomic E-state index is -0.0534. The third-order valence-corrected chi connectivity index (χ3v) is 2.19. The van der Waals surface area contributed by atoms with Gasteiger partial charge in [-0.1, -0.05) is 25.4 Å². The van der Waals surface area contributed by atoms with Gasteiger partial charge in [-0.25, -0.2) is 0 Å². The molecule has 0 fully saturated rings. The molecule has 0 bridgehead atoms. The maximum atomic E-state index is 11.7. The van der Waals surface area contributed by atoms with E-state index in [2.05, 4.69) is 0 Å². The average Bonchev–Trinajstić information content (AvgIpc) is 2.16. The fraction of sp³-hybridized carbons (Fsp3) is 0.364. The van der Waals surface area contributed by atoms with Gasteiger partial charge >= 0.3 is 0 Å². The molecule has 3 heteroatoms. The molecular weight excluding hydrogens is 200 g/mol. The number of carbonyl (C=O) groups is 1. The zero-order valence-corrected chi connectivity index (χ0v) is 9.26. The maximum Gasteiger partial charge on any atom is 0.169 e. The van der Waals surface area contributed by atoms with Crippen molar-refractivity contribution in [1.82, 2.24) is 0 Å². The molecule has 0 aromatic heterocycles. The molecule has 0 atom stereocenters. The monoisotopic (exact) mass is 212 g/mol. The van der Waals surface area contributed by atoms with Gasteiger partial charge in [0.05, 0.1) is 12.7 Å².